The van der Waals surface area contributed by atoms with Gasteiger partial charge in [-0.2, -0.15) is 0 Å². The number of nitrogens with one attached hydrogen (secondary N) is 1. The molecule has 0 atom stereocenters. The van der Waals surface area contributed by atoms with Crippen LogP contribution in [-0.2, 0) is 9.59 Å². The topological polar surface area (TPSA) is 58.6 Å². The fourth-order valence-electron chi connectivity index (χ4n) is 2.15. The van der Waals surface area contributed by atoms with Crippen LogP contribution in [0.5, 0.6) is 5.75 Å². The maximum absolute atomic E-state index is 11.8. The van der Waals surface area contributed by atoms with Gasteiger partial charge in [-0.1, -0.05) is 41.4 Å². The van der Waals surface area contributed by atoms with E-state index in [-0.39, 0.29) is 25.0 Å². The maximum Gasteiger partial charge on any atom is 0.258 e. The average molecular weight is 381 g/mol. The highest BCUT2D eigenvalue weighted by atomic mass is 35.5. The quantitative estimate of drug-likeness (QED) is 0.798. The monoisotopic (exact) mass is 380 g/mol. The normalized spacial score (nSPS) is 10.2. The molecule has 0 fully saturated rings. The van der Waals surface area contributed by atoms with Crippen LogP contribution in [-0.4, -0.2) is 31.5 Å². The predicted octanol–water partition coefficient (Wildman–Crippen LogP) is 3.54. The molecule has 132 valence electrons. The zero-order valence-electron chi connectivity index (χ0n) is 13.7. The molecular formula is C18H18Cl2N2O3. The van der Waals surface area contributed by atoms with Crippen molar-refractivity contribution in [2.24, 2.45) is 0 Å². The van der Waals surface area contributed by atoms with Crippen LogP contribution < -0.4 is 15.0 Å². The van der Waals surface area contributed by atoms with Crippen molar-refractivity contribution in [3.8, 4) is 5.75 Å². The lowest BCUT2D eigenvalue weighted by molar-refractivity contribution is -0.123. The lowest BCUT2D eigenvalue weighted by atomic mass is 10.2. The second kappa shape index (κ2) is 9.30. The number of halogens is 2. The zero-order chi connectivity index (χ0) is 18.2. The Morgan fingerprint density at radius 1 is 1.08 bits per heavy atom. The summed E-state index contributed by atoms with van der Waals surface area (Å²) >= 11 is 11.9. The number of para-hydroxylation sites is 1. The number of benzene rings is 2. The van der Waals surface area contributed by atoms with Crippen molar-refractivity contribution in [1.29, 1.82) is 0 Å². The van der Waals surface area contributed by atoms with Gasteiger partial charge in [0.25, 0.3) is 5.91 Å². The van der Waals surface area contributed by atoms with E-state index in [1.165, 1.54) is 11.8 Å². The standard InChI is InChI=1S/C18H18Cl2N2O3/c1-13(23)22(14-7-8-16(19)17(20)11-14)10-9-21-18(24)12-25-15-5-3-2-4-6-15/h2-8,11H,9-10,12H2,1H3,(H,21,24). The maximum atomic E-state index is 11.8. The number of carbonyl (C=O) groups is 2. The van der Waals surface area contributed by atoms with Gasteiger partial charge in [-0.05, 0) is 30.3 Å². The summed E-state index contributed by atoms with van der Waals surface area (Å²) in [6.07, 6.45) is 0. The van der Waals surface area contributed by atoms with E-state index in [2.05, 4.69) is 5.32 Å². The van der Waals surface area contributed by atoms with E-state index in [1.54, 1.807) is 30.3 Å². The average Bonchev–Trinajstić information content (AvgIpc) is 2.60. The number of hydrogen-bond acceptors (Lipinski definition) is 3. The fraction of sp³-hybridized carbons (Fsp3) is 0.222. The summed E-state index contributed by atoms with van der Waals surface area (Å²) in [7, 11) is 0. The molecule has 0 radical (unpaired) electrons. The predicted molar refractivity (Wildman–Crippen MR) is 99.4 cm³/mol. The summed E-state index contributed by atoms with van der Waals surface area (Å²) < 4.78 is 5.36. The first-order valence-electron chi connectivity index (χ1n) is 7.65. The molecule has 0 saturated carbocycles. The molecule has 0 bridgehead atoms. The van der Waals surface area contributed by atoms with E-state index >= 15 is 0 Å². The number of anilines is 1. The Kier molecular flexibility index (Phi) is 7.10. The molecule has 2 amide bonds. The van der Waals surface area contributed by atoms with E-state index in [0.29, 0.717) is 28.0 Å². The molecular weight excluding hydrogens is 363 g/mol. The highest BCUT2D eigenvalue weighted by molar-refractivity contribution is 6.42. The van der Waals surface area contributed by atoms with Crippen LogP contribution in [0.4, 0.5) is 5.69 Å². The van der Waals surface area contributed by atoms with E-state index in [0.717, 1.165) is 0 Å². The minimum atomic E-state index is -0.263. The Morgan fingerprint density at radius 3 is 2.44 bits per heavy atom. The third kappa shape index (κ3) is 5.96. The summed E-state index contributed by atoms with van der Waals surface area (Å²) in [5.41, 5.74) is 0.622. The van der Waals surface area contributed by atoms with Crippen LogP contribution in [0.1, 0.15) is 6.92 Å². The third-order valence-electron chi connectivity index (χ3n) is 3.37. The highest BCUT2D eigenvalue weighted by Crippen LogP contribution is 2.27. The van der Waals surface area contributed by atoms with Crippen LogP contribution in [0.25, 0.3) is 0 Å². The van der Waals surface area contributed by atoms with E-state index in [9.17, 15) is 9.59 Å². The van der Waals surface area contributed by atoms with Gasteiger partial charge >= 0.3 is 0 Å². The van der Waals surface area contributed by atoms with Gasteiger partial charge in [0.15, 0.2) is 6.61 Å². The molecule has 2 aromatic carbocycles. The molecule has 0 heterocycles. The Morgan fingerprint density at radius 2 is 1.80 bits per heavy atom. The zero-order valence-corrected chi connectivity index (χ0v) is 15.2. The Bertz CT molecular complexity index is 738. The minimum Gasteiger partial charge on any atom is -0.484 e. The summed E-state index contributed by atoms with van der Waals surface area (Å²) in [5, 5.41) is 3.50. The molecule has 25 heavy (non-hydrogen) atoms. The molecule has 1 N–H and O–H groups in total. The number of ether oxygens (including phenoxy) is 1. The van der Waals surface area contributed by atoms with Crippen molar-refractivity contribution < 1.29 is 14.3 Å². The van der Waals surface area contributed by atoms with Gasteiger partial charge < -0.3 is 15.0 Å². The molecule has 0 aliphatic carbocycles. The Balaban J connectivity index is 1.83. The second-order valence-corrected chi connectivity index (χ2v) is 6.04. The Hall–Kier alpha value is -2.24. The molecule has 0 aliphatic rings. The first-order valence-corrected chi connectivity index (χ1v) is 8.40. The van der Waals surface area contributed by atoms with Gasteiger partial charge in [-0.15, -0.1) is 0 Å². The number of rotatable bonds is 7. The van der Waals surface area contributed by atoms with Crippen molar-refractivity contribution in [2.45, 2.75) is 6.92 Å². The summed E-state index contributed by atoms with van der Waals surface area (Å²) in [6.45, 7) is 1.96. The molecule has 2 aromatic rings. The van der Waals surface area contributed by atoms with Crippen molar-refractivity contribution >= 4 is 40.7 Å². The molecule has 7 heteroatoms. The van der Waals surface area contributed by atoms with Crippen LogP contribution >= 0.6 is 23.2 Å². The van der Waals surface area contributed by atoms with E-state index in [4.69, 9.17) is 27.9 Å². The summed E-state index contributed by atoms with van der Waals surface area (Å²) in [4.78, 5) is 25.2. The van der Waals surface area contributed by atoms with Crippen molar-refractivity contribution in [3.05, 3.63) is 58.6 Å². The SMILES string of the molecule is CC(=O)N(CCNC(=O)COc1ccccc1)c1ccc(Cl)c(Cl)c1. The second-order valence-electron chi connectivity index (χ2n) is 5.22. The van der Waals surface area contributed by atoms with Crippen LogP contribution in [0, 0.1) is 0 Å². The van der Waals surface area contributed by atoms with Gasteiger partial charge in [0.2, 0.25) is 5.91 Å². The first-order chi connectivity index (χ1) is 12.0. The molecule has 0 spiro atoms. The van der Waals surface area contributed by atoms with E-state index < -0.39 is 0 Å². The molecule has 0 unspecified atom stereocenters. The van der Waals surface area contributed by atoms with Crippen LogP contribution in [0.3, 0.4) is 0 Å². The van der Waals surface area contributed by atoms with Gasteiger partial charge in [0, 0.05) is 25.7 Å². The van der Waals surface area contributed by atoms with Gasteiger partial charge in [-0.25, -0.2) is 0 Å². The number of nitrogens with zero attached hydrogens (tertiary/aromatic N) is 1. The molecule has 0 aromatic heterocycles. The van der Waals surface area contributed by atoms with Crippen molar-refractivity contribution in [3.63, 3.8) is 0 Å². The molecule has 0 saturated heterocycles. The molecule has 2 rings (SSSR count). The summed E-state index contributed by atoms with van der Waals surface area (Å²) in [5.74, 6) is 0.202. The molecule has 5 nitrogen and oxygen atoms in total. The van der Waals surface area contributed by atoms with Crippen molar-refractivity contribution in [2.75, 3.05) is 24.6 Å². The number of carbonyl (C=O) groups excluding carboxylic acids is 2. The lowest BCUT2D eigenvalue weighted by Crippen LogP contribution is -2.39. The third-order valence-corrected chi connectivity index (χ3v) is 4.10. The number of hydrogen-bond donors (Lipinski definition) is 1. The van der Waals surface area contributed by atoms with Gasteiger partial charge in [0.05, 0.1) is 10.0 Å². The largest absolute Gasteiger partial charge is 0.484 e. The number of amides is 2. The Labute approximate surface area is 156 Å². The van der Waals surface area contributed by atoms with Gasteiger partial charge in [-0.3, -0.25) is 9.59 Å². The van der Waals surface area contributed by atoms with E-state index in [1.807, 2.05) is 18.2 Å². The van der Waals surface area contributed by atoms with Crippen molar-refractivity contribution in [1.82, 2.24) is 5.32 Å². The molecule has 0 aliphatic heterocycles. The fourth-order valence-corrected chi connectivity index (χ4v) is 2.44. The minimum absolute atomic E-state index is 0.0865. The summed E-state index contributed by atoms with van der Waals surface area (Å²) in [6, 6.07) is 14.0. The van der Waals surface area contributed by atoms with Crippen LogP contribution in [0.15, 0.2) is 48.5 Å². The van der Waals surface area contributed by atoms with Gasteiger partial charge in [0.1, 0.15) is 5.75 Å². The highest BCUT2D eigenvalue weighted by Gasteiger charge is 2.13. The first kappa shape index (κ1) is 19.1. The smallest absolute Gasteiger partial charge is 0.258 e. The van der Waals surface area contributed by atoms with Crippen LogP contribution in [0.2, 0.25) is 10.0 Å². The lowest BCUT2D eigenvalue weighted by Gasteiger charge is -2.22.